The first-order valence-corrected chi connectivity index (χ1v) is 11.1. The molecule has 33 heavy (non-hydrogen) atoms. The standard InChI is InChI=1S/C24H30N4O5/c1-14-8-18(12-27(3)23(14)30)22-26-19-5-4-16(10-25-21(15(2)29)24(31)32)9-20(19)28(22)11-17-6-7-33-13-17/h4-5,8-9,12,15,17,21,25,29H,6-7,10-11,13H2,1-3H3,(H,31,32). The van der Waals surface area contributed by atoms with E-state index >= 15 is 0 Å². The maximum Gasteiger partial charge on any atom is 0.323 e. The molecule has 2 aromatic heterocycles. The summed E-state index contributed by atoms with van der Waals surface area (Å²) in [5, 5.41) is 22.0. The summed E-state index contributed by atoms with van der Waals surface area (Å²) in [5.41, 5.74) is 4.13. The number of aliphatic carboxylic acids is 1. The van der Waals surface area contributed by atoms with E-state index in [1.807, 2.05) is 24.3 Å². The van der Waals surface area contributed by atoms with Gasteiger partial charge in [0.1, 0.15) is 11.9 Å². The van der Waals surface area contributed by atoms with Gasteiger partial charge in [0.05, 0.1) is 23.7 Å². The number of aromatic nitrogens is 3. The Morgan fingerprint density at radius 2 is 2.15 bits per heavy atom. The molecule has 9 heteroatoms. The van der Waals surface area contributed by atoms with Crippen LogP contribution >= 0.6 is 0 Å². The molecule has 1 aliphatic heterocycles. The first kappa shape index (κ1) is 23.2. The molecule has 0 radical (unpaired) electrons. The van der Waals surface area contributed by atoms with Crippen LogP contribution in [0, 0.1) is 12.8 Å². The fraction of sp³-hybridized carbons (Fsp3) is 0.458. The highest BCUT2D eigenvalue weighted by molar-refractivity contribution is 5.81. The van der Waals surface area contributed by atoms with Crippen molar-refractivity contribution in [2.24, 2.45) is 13.0 Å². The highest BCUT2D eigenvalue weighted by Gasteiger charge is 2.23. The van der Waals surface area contributed by atoms with Crippen molar-refractivity contribution in [3.8, 4) is 11.4 Å². The number of carboxylic acids is 1. The molecule has 4 rings (SSSR count). The smallest absolute Gasteiger partial charge is 0.323 e. The summed E-state index contributed by atoms with van der Waals surface area (Å²) in [5.74, 6) is 0.0565. The second-order valence-corrected chi connectivity index (χ2v) is 8.86. The van der Waals surface area contributed by atoms with Gasteiger partial charge in [-0.05, 0) is 44.0 Å². The van der Waals surface area contributed by atoms with E-state index in [2.05, 4.69) is 9.88 Å². The van der Waals surface area contributed by atoms with Crippen molar-refractivity contribution in [1.29, 1.82) is 0 Å². The monoisotopic (exact) mass is 454 g/mol. The third-order valence-corrected chi connectivity index (χ3v) is 6.17. The van der Waals surface area contributed by atoms with Crippen LogP contribution in [-0.4, -0.2) is 55.7 Å². The normalized spacial score (nSPS) is 18.0. The van der Waals surface area contributed by atoms with E-state index in [0.717, 1.165) is 47.6 Å². The van der Waals surface area contributed by atoms with Gasteiger partial charge in [-0.15, -0.1) is 0 Å². The van der Waals surface area contributed by atoms with Gasteiger partial charge in [-0.25, -0.2) is 4.98 Å². The zero-order valence-corrected chi connectivity index (χ0v) is 19.1. The molecule has 176 valence electrons. The Bertz CT molecular complexity index is 1200. The van der Waals surface area contributed by atoms with Gasteiger partial charge in [0.15, 0.2) is 0 Å². The minimum Gasteiger partial charge on any atom is -0.480 e. The fourth-order valence-corrected chi connectivity index (χ4v) is 4.36. The highest BCUT2D eigenvalue weighted by atomic mass is 16.5. The number of ether oxygens (including phenoxy) is 1. The molecule has 3 unspecified atom stereocenters. The Balaban J connectivity index is 1.75. The van der Waals surface area contributed by atoms with Gasteiger partial charge in [0.25, 0.3) is 5.56 Å². The maximum atomic E-state index is 12.2. The minimum atomic E-state index is -1.09. The number of pyridine rings is 1. The van der Waals surface area contributed by atoms with E-state index in [1.54, 1.807) is 24.7 Å². The van der Waals surface area contributed by atoms with Crippen LogP contribution in [0.3, 0.4) is 0 Å². The van der Waals surface area contributed by atoms with Gasteiger partial charge in [-0.2, -0.15) is 0 Å². The van der Waals surface area contributed by atoms with Crippen molar-refractivity contribution in [2.75, 3.05) is 13.2 Å². The number of carboxylic acid groups (broad SMARTS) is 1. The number of carbonyl (C=O) groups is 1. The van der Waals surface area contributed by atoms with Crippen LogP contribution in [0.2, 0.25) is 0 Å². The molecule has 1 aromatic carbocycles. The third-order valence-electron chi connectivity index (χ3n) is 6.17. The molecule has 3 aromatic rings. The number of hydrogen-bond donors (Lipinski definition) is 3. The number of nitrogens with one attached hydrogen (secondary N) is 1. The van der Waals surface area contributed by atoms with Crippen molar-refractivity contribution in [3.05, 3.63) is 51.9 Å². The SMILES string of the molecule is Cc1cc(-c2nc3ccc(CNC(C(=O)O)C(C)O)cc3n2CC2CCOC2)cn(C)c1=O. The number of imidazole rings is 1. The van der Waals surface area contributed by atoms with Gasteiger partial charge < -0.3 is 24.1 Å². The molecule has 0 spiro atoms. The van der Waals surface area contributed by atoms with E-state index in [4.69, 9.17) is 9.72 Å². The van der Waals surface area contributed by atoms with Crippen molar-refractivity contribution >= 4 is 17.0 Å². The van der Waals surface area contributed by atoms with Crippen LogP contribution in [0.15, 0.2) is 35.3 Å². The molecule has 1 aliphatic rings. The molecule has 0 bridgehead atoms. The lowest BCUT2D eigenvalue weighted by molar-refractivity contribution is -0.142. The summed E-state index contributed by atoms with van der Waals surface area (Å²) < 4.78 is 9.32. The topological polar surface area (TPSA) is 119 Å². The molecular weight excluding hydrogens is 424 g/mol. The zero-order chi connectivity index (χ0) is 23.7. The van der Waals surface area contributed by atoms with Crippen LogP contribution in [-0.2, 0) is 29.7 Å². The maximum absolute atomic E-state index is 12.2. The molecule has 1 saturated heterocycles. The molecule has 3 N–H and O–H groups in total. The van der Waals surface area contributed by atoms with E-state index in [9.17, 15) is 19.8 Å². The van der Waals surface area contributed by atoms with Crippen molar-refractivity contribution < 1.29 is 19.7 Å². The molecule has 3 heterocycles. The molecule has 0 saturated carbocycles. The molecule has 0 aliphatic carbocycles. The first-order chi connectivity index (χ1) is 15.7. The molecule has 3 atom stereocenters. The van der Waals surface area contributed by atoms with Crippen molar-refractivity contribution in [3.63, 3.8) is 0 Å². The Morgan fingerprint density at radius 3 is 2.79 bits per heavy atom. The highest BCUT2D eigenvalue weighted by Crippen LogP contribution is 2.28. The van der Waals surface area contributed by atoms with Gasteiger partial charge in [0, 0.05) is 50.0 Å². The van der Waals surface area contributed by atoms with Crippen molar-refractivity contribution in [2.45, 2.75) is 45.5 Å². The Hall–Kier alpha value is -3.01. The number of aliphatic hydroxyl groups excluding tert-OH is 1. The zero-order valence-electron chi connectivity index (χ0n) is 19.1. The average Bonchev–Trinajstić information content (AvgIpc) is 3.40. The summed E-state index contributed by atoms with van der Waals surface area (Å²) in [6.45, 7) is 5.72. The second kappa shape index (κ2) is 9.46. The summed E-state index contributed by atoms with van der Waals surface area (Å²) in [7, 11) is 1.74. The predicted molar refractivity (Wildman–Crippen MR) is 124 cm³/mol. The first-order valence-electron chi connectivity index (χ1n) is 11.1. The summed E-state index contributed by atoms with van der Waals surface area (Å²) in [4.78, 5) is 28.5. The van der Waals surface area contributed by atoms with Gasteiger partial charge in [-0.3, -0.25) is 14.9 Å². The Labute approximate surface area is 191 Å². The predicted octanol–water partition coefficient (Wildman–Crippen LogP) is 1.67. The van der Waals surface area contributed by atoms with E-state index in [-0.39, 0.29) is 5.56 Å². The summed E-state index contributed by atoms with van der Waals surface area (Å²) in [6, 6.07) is 6.65. The van der Waals surface area contributed by atoms with Gasteiger partial charge in [0.2, 0.25) is 0 Å². The summed E-state index contributed by atoms with van der Waals surface area (Å²) in [6.07, 6.45) is 1.76. The number of nitrogens with zero attached hydrogens (tertiary/aromatic N) is 3. The second-order valence-electron chi connectivity index (χ2n) is 8.86. The number of rotatable bonds is 8. The number of benzene rings is 1. The lowest BCUT2D eigenvalue weighted by Gasteiger charge is -2.17. The average molecular weight is 455 g/mol. The largest absolute Gasteiger partial charge is 0.480 e. The molecule has 1 fully saturated rings. The number of aryl methyl sites for hydroxylation is 2. The molecule has 9 nitrogen and oxygen atoms in total. The quantitative estimate of drug-likeness (QED) is 0.474. The van der Waals surface area contributed by atoms with E-state index in [0.29, 0.717) is 24.6 Å². The Kier molecular flexibility index (Phi) is 6.64. The van der Waals surface area contributed by atoms with Crippen LogP contribution in [0.4, 0.5) is 0 Å². The van der Waals surface area contributed by atoms with E-state index in [1.165, 1.54) is 6.92 Å². The lowest BCUT2D eigenvalue weighted by atomic mass is 10.1. The van der Waals surface area contributed by atoms with Crippen LogP contribution in [0.25, 0.3) is 22.4 Å². The third kappa shape index (κ3) is 4.85. The Morgan fingerprint density at radius 1 is 1.36 bits per heavy atom. The fourth-order valence-electron chi connectivity index (χ4n) is 4.36. The molecular formula is C24H30N4O5. The van der Waals surface area contributed by atoms with Gasteiger partial charge in [-0.1, -0.05) is 6.07 Å². The molecule has 0 amide bonds. The van der Waals surface area contributed by atoms with Gasteiger partial charge >= 0.3 is 5.97 Å². The minimum absolute atomic E-state index is 0.0370. The van der Waals surface area contributed by atoms with Crippen molar-refractivity contribution in [1.82, 2.24) is 19.4 Å². The van der Waals surface area contributed by atoms with Crippen LogP contribution in [0.1, 0.15) is 24.5 Å². The number of fused-ring (bicyclic) bond motifs is 1. The lowest BCUT2D eigenvalue weighted by Crippen LogP contribution is -2.44. The van der Waals surface area contributed by atoms with E-state index < -0.39 is 18.1 Å². The number of hydrogen-bond acceptors (Lipinski definition) is 6. The number of aliphatic hydroxyl groups is 1. The summed E-state index contributed by atoms with van der Waals surface area (Å²) >= 11 is 0. The van der Waals surface area contributed by atoms with Crippen LogP contribution in [0.5, 0.6) is 0 Å². The van der Waals surface area contributed by atoms with Crippen LogP contribution < -0.4 is 10.9 Å².